The van der Waals surface area contributed by atoms with E-state index in [0.717, 1.165) is 32.9 Å². The van der Waals surface area contributed by atoms with Crippen molar-refractivity contribution < 1.29 is 5.11 Å². The molecule has 0 aromatic carbocycles. The Morgan fingerprint density at radius 2 is 2.19 bits per heavy atom. The van der Waals surface area contributed by atoms with Crippen LogP contribution in [0.15, 0.2) is 23.7 Å². The summed E-state index contributed by atoms with van der Waals surface area (Å²) in [4.78, 5) is 2.22. The number of aryl methyl sites for hydroxylation is 1. The molecule has 4 nitrogen and oxygen atoms in total. The number of rotatable bonds is 4. The van der Waals surface area contributed by atoms with E-state index in [1.165, 1.54) is 4.88 Å². The molecule has 0 atom stereocenters. The highest BCUT2D eigenvalue weighted by molar-refractivity contribution is 7.20. The van der Waals surface area contributed by atoms with Crippen molar-refractivity contribution in [3.63, 3.8) is 0 Å². The number of nitrogens with one attached hydrogen (secondary N) is 1. The molecule has 0 saturated heterocycles. The van der Waals surface area contributed by atoms with Crippen molar-refractivity contribution in [1.29, 1.82) is 0 Å². The number of thiophene rings is 2. The van der Waals surface area contributed by atoms with Gasteiger partial charge in [0.05, 0.1) is 22.2 Å². The van der Waals surface area contributed by atoms with Crippen molar-refractivity contribution in [3.8, 4) is 0 Å². The largest absolute Gasteiger partial charge is 0.385 e. The van der Waals surface area contributed by atoms with E-state index >= 15 is 0 Å². The van der Waals surface area contributed by atoms with Gasteiger partial charge < -0.3 is 10.4 Å². The minimum Gasteiger partial charge on any atom is -0.385 e. The summed E-state index contributed by atoms with van der Waals surface area (Å²) in [5.74, 6) is 0. The van der Waals surface area contributed by atoms with Gasteiger partial charge in [-0.25, -0.2) is 0 Å². The van der Waals surface area contributed by atoms with Crippen molar-refractivity contribution in [2.75, 3.05) is 5.32 Å². The van der Waals surface area contributed by atoms with Crippen LogP contribution in [0.25, 0.3) is 10.2 Å². The molecule has 3 aromatic heterocycles. The first-order valence-electron chi connectivity index (χ1n) is 6.70. The van der Waals surface area contributed by atoms with Gasteiger partial charge in [-0.05, 0) is 37.8 Å². The maximum Gasteiger partial charge on any atom is 0.109 e. The lowest BCUT2D eigenvalue weighted by Gasteiger charge is -2.15. The highest BCUT2D eigenvalue weighted by Crippen LogP contribution is 2.39. The van der Waals surface area contributed by atoms with Gasteiger partial charge in [0.15, 0.2) is 0 Å². The number of aromatic nitrogens is 2. The molecule has 0 unspecified atom stereocenters. The van der Waals surface area contributed by atoms with Crippen LogP contribution in [0.4, 0.5) is 5.69 Å². The summed E-state index contributed by atoms with van der Waals surface area (Å²) in [6.45, 7) is 6.37. The number of hydrogen-bond donors (Lipinski definition) is 2. The van der Waals surface area contributed by atoms with E-state index in [4.69, 9.17) is 0 Å². The second-order valence-corrected chi connectivity index (χ2v) is 7.54. The minimum absolute atomic E-state index is 0.771. The first-order valence-corrected chi connectivity index (χ1v) is 8.40. The van der Waals surface area contributed by atoms with E-state index in [0.29, 0.717) is 0 Å². The summed E-state index contributed by atoms with van der Waals surface area (Å²) < 4.78 is 1.05. The molecule has 0 aliphatic carbocycles. The van der Waals surface area contributed by atoms with Crippen LogP contribution < -0.4 is 5.32 Å². The third kappa shape index (κ3) is 2.79. The molecular weight excluding hydrogens is 302 g/mol. The van der Waals surface area contributed by atoms with E-state index in [-0.39, 0.29) is 0 Å². The van der Waals surface area contributed by atoms with E-state index in [9.17, 15) is 5.11 Å². The van der Waals surface area contributed by atoms with Crippen molar-refractivity contribution >= 4 is 38.6 Å². The predicted octanol–water partition coefficient (Wildman–Crippen LogP) is 3.90. The molecule has 0 fully saturated rings. The van der Waals surface area contributed by atoms with Gasteiger partial charge in [-0.2, -0.15) is 5.10 Å². The van der Waals surface area contributed by atoms with Gasteiger partial charge in [0.25, 0.3) is 0 Å². The van der Waals surface area contributed by atoms with E-state index in [1.54, 1.807) is 42.7 Å². The van der Waals surface area contributed by atoms with Crippen molar-refractivity contribution in [1.82, 2.24) is 10.2 Å². The average molecular weight is 319 g/mol. The van der Waals surface area contributed by atoms with Crippen LogP contribution >= 0.6 is 22.7 Å². The number of fused-ring (bicyclic) bond motifs is 1. The van der Waals surface area contributed by atoms with Crippen molar-refractivity contribution in [3.05, 3.63) is 39.0 Å². The number of hydrogen-bond acceptors (Lipinski definition) is 6. The monoisotopic (exact) mass is 319 g/mol. The lowest BCUT2D eigenvalue weighted by molar-refractivity contribution is 0.0820. The molecule has 0 saturated carbocycles. The molecule has 0 amide bonds. The Labute approximate surface area is 131 Å². The summed E-state index contributed by atoms with van der Waals surface area (Å²) in [5, 5.41) is 24.1. The molecule has 2 N–H and O–H groups in total. The summed E-state index contributed by atoms with van der Waals surface area (Å²) in [7, 11) is 0. The summed E-state index contributed by atoms with van der Waals surface area (Å²) >= 11 is 3.31. The summed E-state index contributed by atoms with van der Waals surface area (Å²) in [5.41, 5.74) is 1.99. The van der Waals surface area contributed by atoms with Crippen LogP contribution in [0.1, 0.15) is 29.2 Å². The van der Waals surface area contributed by atoms with Gasteiger partial charge in [0.1, 0.15) is 5.52 Å². The summed E-state index contributed by atoms with van der Waals surface area (Å²) in [6, 6.07) is 4.15. The molecular formula is C15H17N3OS2. The van der Waals surface area contributed by atoms with Gasteiger partial charge in [0.2, 0.25) is 0 Å². The molecule has 0 aliphatic heterocycles. The highest BCUT2D eigenvalue weighted by Gasteiger charge is 2.24. The van der Waals surface area contributed by atoms with E-state index < -0.39 is 5.60 Å². The minimum atomic E-state index is -0.861. The topological polar surface area (TPSA) is 58.0 Å². The summed E-state index contributed by atoms with van der Waals surface area (Å²) in [6.07, 6.45) is 1.75. The lowest BCUT2D eigenvalue weighted by Crippen LogP contribution is -2.14. The zero-order chi connectivity index (χ0) is 15.0. The Morgan fingerprint density at radius 1 is 1.38 bits per heavy atom. The third-order valence-electron chi connectivity index (χ3n) is 3.29. The van der Waals surface area contributed by atoms with Crippen molar-refractivity contribution in [2.45, 2.75) is 32.9 Å². The fraction of sp³-hybridized carbons (Fsp3) is 0.333. The molecule has 6 heteroatoms. The zero-order valence-electron chi connectivity index (χ0n) is 12.2. The second kappa shape index (κ2) is 5.36. The van der Waals surface area contributed by atoms with Gasteiger partial charge in [-0.15, -0.1) is 27.8 Å². The molecule has 0 aliphatic rings. The number of anilines is 1. The van der Waals surface area contributed by atoms with Crippen LogP contribution in [0, 0.1) is 6.92 Å². The fourth-order valence-electron chi connectivity index (χ4n) is 2.32. The maximum atomic E-state index is 10.3. The lowest BCUT2D eigenvalue weighted by atomic mass is 10.0. The third-order valence-corrected chi connectivity index (χ3v) is 5.80. The standard InChI is InChI=1S/C15H17N3OS2/c1-9-12-13(21-14(9)15(2,3)19)11(8-17-18-12)16-7-10-5-4-6-20-10/h4-6,8,19H,7H2,1-3H3,(H,16,18). The Hall–Kier alpha value is -1.50. The average Bonchev–Trinajstić information content (AvgIpc) is 3.04. The van der Waals surface area contributed by atoms with Crippen LogP contribution in [0.3, 0.4) is 0 Å². The van der Waals surface area contributed by atoms with Gasteiger partial charge >= 0.3 is 0 Å². The Morgan fingerprint density at radius 3 is 2.86 bits per heavy atom. The van der Waals surface area contributed by atoms with Crippen LogP contribution in [0.5, 0.6) is 0 Å². The number of nitrogens with zero attached hydrogens (tertiary/aromatic N) is 2. The number of aliphatic hydroxyl groups is 1. The molecule has 0 spiro atoms. The maximum absolute atomic E-state index is 10.3. The zero-order valence-corrected chi connectivity index (χ0v) is 13.8. The molecule has 3 aromatic rings. The van der Waals surface area contributed by atoms with E-state index in [2.05, 4.69) is 27.0 Å². The fourth-order valence-corrected chi connectivity index (χ4v) is 4.19. The van der Waals surface area contributed by atoms with Gasteiger partial charge in [0, 0.05) is 16.3 Å². The Bertz CT molecular complexity index is 757. The first-order chi connectivity index (χ1) is 9.97. The Kier molecular flexibility index (Phi) is 3.69. The predicted molar refractivity (Wildman–Crippen MR) is 89.0 cm³/mol. The smallest absolute Gasteiger partial charge is 0.109 e. The van der Waals surface area contributed by atoms with Crippen LogP contribution in [0.2, 0.25) is 0 Å². The van der Waals surface area contributed by atoms with Crippen molar-refractivity contribution in [2.24, 2.45) is 0 Å². The van der Waals surface area contributed by atoms with Crippen LogP contribution in [-0.4, -0.2) is 15.3 Å². The van der Waals surface area contributed by atoms with Gasteiger partial charge in [-0.1, -0.05) is 6.07 Å². The molecule has 3 rings (SSSR count). The molecule has 0 bridgehead atoms. The molecule has 110 valence electrons. The molecule has 0 radical (unpaired) electrons. The SMILES string of the molecule is Cc1c(C(C)(C)O)sc2c(NCc3cccs3)cnnc12. The van der Waals surface area contributed by atoms with Crippen LogP contribution in [-0.2, 0) is 12.1 Å². The second-order valence-electron chi connectivity index (χ2n) is 5.48. The Balaban J connectivity index is 1.99. The molecule has 21 heavy (non-hydrogen) atoms. The van der Waals surface area contributed by atoms with E-state index in [1.807, 2.05) is 13.0 Å². The highest BCUT2D eigenvalue weighted by atomic mass is 32.1. The normalized spacial score (nSPS) is 12.0. The van der Waals surface area contributed by atoms with Gasteiger partial charge in [-0.3, -0.25) is 0 Å². The molecule has 3 heterocycles. The quantitative estimate of drug-likeness (QED) is 0.766. The first kappa shape index (κ1) is 14.4.